The number of allylic oxidation sites excluding steroid dienone is 2. The summed E-state index contributed by atoms with van der Waals surface area (Å²) in [6.45, 7) is 11.2. The van der Waals surface area contributed by atoms with E-state index in [0.29, 0.717) is 22.5 Å². The predicted octanol–water partition coefficient (Wildman–Crippen LogP) is 4.16. The van der Waals surface area contributed by atoms with Gasteiger partial charge in [-0.3, -0.25) is 0 Å². The van der Waals surface area contributed by atoms with Crippen molar-refractivity contribution in [2.75, 3.05) is 50.5 Å². The Morgan fingerprint density at radius 3 is 2.31 bits per heavy atom. The molecule has 2 heterocycles. The Bertz CT molecular complexity index is 1050. The van der Waals surface area contributed by atoms with Crippen LogP contribution >= 0.6 is 11.8 Å². The van der Waals surface area contributed by atoms with Crippen LogP contribution < -0.4 is 21.7 Å². The molecule has 0 amide bonds. The Morgan fingerprint density at radius 1 is 1.14 bits per heavy atom. The highest BCUT2D eigenvalue weighted by Gasteiger charge is 2.21. The molecule has 35 heavy (non-hydrogen) atoms. The second kappa shape index (κ2) is 12.6. The van der Waals surface area contributed by atoms with Gasteiger partial charge in [-0.15, -0.1) is 6.58 Å². The molecule has 1 saturated carbocycles. The van der Waals surface area contributed by atoms with E-state index in [2.05, 4.69) is 38.7 Å². The number of aliphatic imine (C=N–C) groups is 1. The monoisotopic (exact) mass is 494 g/mol. The highest BCUT2D eigenvalue weighted by atomic mass is 32.2. The van der Waals surface area contributed by atoms with Crippen LogP contribution in [0.3, 0.4) is 0 Å². The highest BCUT2D eigenvalue weighted by molar-refractivity contribution is 7.99. The van der Waals surface area contributed by atoms with E-state index in [1.165, 1.54) is 24.6 Å². The Balaban J connectivity index is 0.000000607. The van der Waals surface area contributed by atoms with Crippen LogP contribution in [0.1, 0.15) is 25.3 Å². The van der Waals surface area contributed by atoms with Crippen LogP contribution in [-0.4, -0.2) is 61.0 Å². The molecule has 1 aliphatic carbocycles. The third-order valence-electron chi connectivity index (χ3n) is 5.79. The van der Waals surface area contributed by atoms with Crippen molar-refractivity contribution in [1.82, 2.24) is 14.9 Å². The summed E-state index contributed by atoms with van der Waals surface area (Å²) in [5.41, 5.74) is 14.4. The normalized spacial score (nSPS) is 17.0. The van der Waals surface area contributed by atoms with Crippen LogP contribution in [0.15, 0.2) is 63.7 Å². The minimum Gasteiger partial charge on any atom is -0.402 e. The van der Waals surface area contributed by atoms with Gasteiger partial charge in [-0.2, -0.15) is 0 Å². The van der Waals surface area contributed by atoms with Crippen molar-refractivity contribution in [3.05, 3.63) is 54.3 Å². The van der Waals surface area contributed by atoms with Gasteiger partial charge >= 0.3 is 0 Å². The largest absolute Gasteiger partial charge is 0.402 e. The second-order valence-corrected chi connectivity index (χ2v) is 9.98. The van der Waals surface area contributed by atoms with Crippen molar-refractivity contribution in [1.29, 1.82) is 0 Å². The van der Waals surface area contributed by atoms with Gasteiger partial charge < -0.3 is 26.6 Å². The number of hydrogen-bond acceptors (Lipinski definition) is 8. The van der Waals surface area contributed by atoms with Crippen molar-refractivity contribution in [2.24, 2.45) is 22.4 Å². The smallest absolute Gasteiger partial charge is 0.196 e. The molecule has 4 rings (SSSR count). The van der Waals surface area contributed by atoms with E-state index in [0.717, 1.165) is 54.1 Å². The van der Waals surface area contributed by atoms with E-state index in [1.807, 2.05) is 44.3 Å². The first kappa shape index (κ1) is 26.6. The first-order valence-electron chi connectivity index (χ1n) is 12.0. The first-order valence-corrected chi connectivity index (χ1v) is 12.8. The molecule has 8 nitrogen and oxygen atoms in total. The third-order valence-corrected chi connectivity index (χ3v) is 6.67. The molecular formula is C26H38N8S. The Morgan fingerprint density at radius 2 is 1.80 bits per heavy atom. The van der Waals surface area contributed by atoms with Gasteiger partial charge in [0.15, 0.2) is 11.0 Å². The Hall–Kier alpha value is -3.04. The summed E-state index contributed by atoms with van der Waals surface area (Å²) in [7, 11) is 4.04. The predicted molar refractivity (Wildman–Crippen MR) is 149 cm³/mol. The van der Waals surface area contributed by atoms with Crippen molar-refractivity contribution < 1.29 is 0 Å². The molecule has 1 saturated heterocycles. The zero-order valence-corrected chi connectivity index (χ0v) is 22.1. The molecule has 2 fully saturated rings. The average Bonchev–Trinajstić information content (AvgIpc) is 3.67. The van der Waals surface area contributed by atoms with Crippen LogP contribution in [0.5, 0.6) is 0 Å². The van der Waals surface area contributed by atoms with E-state index >= 15 is 0 Å². The minimum absolute atomic E-state index is 0.329. The maximum Gasteiger partial charge on any atom is 0.196 e. The highest BCUT2D eigenvalue weighted by Crippen LogP contribution is 2.33. The fourth-order valence-electron chi connectivity index (χ4n) is 3.47. The number of aromatic nitrogens is 2. The van der Waals surface area contributed by atoms with E-state index in [-0.39, 0.29) is 0 Å². The molecule has 188 valence electrons. The third kappa shape index (κ3) is 8.29. The SMILES string of the molecule is C=CC1CC1.CNc1ccc(Sc2nc(/N=C(N)/C=C(/C)N)c(C)c(N3CCN(C)CC3)n2)cc1. The minimum atomic E-state index is 0.329. The molecule has 0 unspecified atom stereocenters. The number of hydrogen-bond donors (Lipinski definition) is 3. The summed E-state index contributed by atoms with van der Waals surface area (Å²) in [5, 5.41) is 3.77. The molecule has 0 bridgehead atoms. The van der Waals surface area contributed by atoms with Crippen LogP contribution in [0, 0.1) is 12.8 Å². The second-order valence-electron chi connectivity index (χ2n) is 8.94. The number of nitrogens with zero attached hydrogens (tertiary/aromatic N) is 5. The summed E-state index contributed by atoms with van der Waals surface area (Å²) in [5.74, 6) is 2.71. The molecule has 1 aliphatic heterocycles. The number of rotatable bonds is 7. The quantitative estimate of drug-likeness (QED) is 0.228. The number of anilines is 2. The number of benzene rings is 1. The Labute approximate surface area is 213 Å². The van der Waals surface area contributed by atoms with E-state index in [9.17, 15) is 0 Å². The van der Waals surface area contributed by atoms with Gasteiger partial charge in [-0.1, -0.05) is 6.08 Å². The average molecular weight is 495 g/mol. The summed E-state index contributed by atoms with van der Waals surface area (Å²) < 4.78 is 0. The van der Waals surface area contributed by atoms with Crippen molar-refractivity contribution >= 4 is 34.9 Å². The van der Waals surface area contributed by atoms with Crippen LogP contribution in [0.2, 0.25) is 0 Å². The lowest BCUT2D eigenvalue weighted by Crippen LogP contribution is -2.45. The first-order chi connectivity index (χ1) is 16.8. The van der Waals surface area contributed by atoms with Gasteiger partial charge in [-0.05, 0) is 81.8 Å². The number of amidine groups is 1. The van der Waals surface area contributed by atoms with E-state index in [1.54, 1.807) is 13.0 Å². The van der Waals surface area contributed by atoms with Crippen molar-refractivity contribution in [3.63, 3.8) is 0 Å². The lowest BCUT2D eigenvalue weighted by Gasteiger charge is -2.34. The molecule has 0 spiro atoms. The van der Waals surface area contributed by atoms with Crippen LogP contribution in [0.4, 0.5) is 17.3 Å². The van der Waals surface area contributed by atoms with Crippen molar-refractivity contribution in [2.45, 2.75) is 36.7 Å². The van der Waals surface area contributed by atoms with E-state index < -0.39 is 0 Å². The topological polar surface area (TPSA) is 109 Å². The van der Waals surface area contributed by atoms with Gasteiger partial charge in [0.25, 0.3) is 0 Å². The van der Waals surface area contributed by atoms with Gasteiger partial charge in [-0.25, -0.2) is 15.0 Å². The molecule has 5 N–H and O–H groups in total. The number of nitrogens with two attached hydrogens (primary N) is 2. The lowest BCUT2D eigenvalue weighted by atomic mass is 10.2. The summed E-state index contributed by atoms with van der Waals surface area (Å²) in [4.78, 5) is 19.8. The number of likely N-dealkylation sites (N-methyl/N-ethyl adjacent to an activating group) is 1. The zero-order valence-electron chi connectivity index (χ0n) is 21.3. The molecule has 2 aromatic rings. The maximum absolute atomic E-state index is 6.06. The van der Waals surface area contributed by atoms with Crippen molar-refractivity contribution in [3.8, 4) is 0 Å². The Kier molecular flexibility index (Phi) is 9.56. The number of piperazine rings is 1. The van der Waals surface area contributed by atoms with Crippen LogP contribution in [-0.2, 0) is 0 Å². The maximum atomic E-state index is 6.06. The lowest BCUT2D eigenvalue weighted by molar-refractivity contribution is 0.311. The molecule has 2 aliphatic rings. The van der Waals surface area contributed by atoms with Gasteiger partial charge in [0.1, 0.15) is 11.7 Å². The molecule has 1 aromatic carbocycles. The van der Waals surface area contributed by atoms with E-state index in [4.69, 9.17) is 16.5 Å². The fourth-order valence-corrected chi connectivity index (χ4v) is 4.22. The zero-order chi connectivity index (χ0) is 25.4. The molecule has 9 heteroatoms. The van der Waals surface area contributed by atoms with Gasteiger partial charge in [0, 0.05) is 55.1 Å². The van der Waals surface area contributed by atoms with Crippen LogP contribution in [0.25, 0.3) is 0 Å². The fraction of sp³-hybridized carbons (Fsp3) is 0.423. The molecule has 1 aromatic heterocycles. The standard InChI is InChI=1S/C21H30N8S.C5H8/c1-14(22)13-18(23)25-19-15(2)20(29-11-9-28(4)10-12-29)27-21(26-19)30-17-7-5-16(24-3)6-8-17;1-2-5-3-4-5/h5-8,13,24H,9-12,22H2,1-4H3,(H2,23,25,26,27);2,5H,1,3-4H2/b14-13-;. The molecular weight excluding hydrogens is 456 g/mol. The summed E-state index contributed by atoms with van der Waals surface area (Å²) >= 11 is 1.51. The van der Waals surface area contributed by atoms with Gasteiger partial charge in [0.2, 0.25) is 0 Å². The molecule has 0 atom stereocenters. The summed E-state index contributed by atoms with van der Waals surface area (Å²) in [6, 6.07) is 8.16. The van der Waals surface area contributed by atoms with Gasteiger partial charge in [0.05, 0.1) is 0 Å². The molecule has 0 radical (unpaired) electrons. The summed E-state index contributed by atoms with van der Waals surface area (Å²) in [6.07, 6.45) is 6.45. The number of nitrogens with one attached hydrogen (secondary N) is 1.